The molecule has 2 rings (SSSR count). The van der Waals surface area contributed by atoms with Crippen molar-refractivity contribution in [1.29, 1.82) is 0 Å². The van der Waals surface area contributed by atoms with Crippen LogP contribution >= 0.6 is 0 Å². The Morgan fingerprint density at radius 3 is 1.49 bits per heavy atom. The molecule has 0 heterocycles. The number of hydrogen-bond donors (Lipinski definition) is 0. The van der Waals surface area contributed by atoms with Crippen LogP contribution in [0, 0.1) is 13.8 Å². The zero-order chi connectivity index (χ0) is 29.0. The Morgan fingerprint density at radius 1 is 0.641 bits per heavy atom. The quantitative estimate of drug-likeness (QED) is 0.0977. The van der Waals surface area contributed by atoms with Gasteiger partial charge in [0, 0.05) is 0 Å². The number of quaternary nitrogens is 1. The van der Waals surface area contributed by atoms with Crippen molar-refractivity contribution in [3.63, 3.8) is 0 Å². The Labute approximate surface area is 241 Å². The normalized spacial score (nSPS) is 11.7. The summed E-state index contributed by atoms with van der Waals surface area (Å²) in [6.07, 6.45) is 23.1. The largest absolute Gasteiger partial charge is 0.744 e. The molecule has 0 aliphatic heterocycles. The second-order valence-corrected chi connectivity index (χ2v) is 13.1. The van der Waals surface area contributed by atoms with Crippen LogP contribution in [0.4, 0.5) is 5.69 Å². The van der Waals surface area contributed by atoms with Crippen LogP contribution in [-0.2, 0) is 10.1 Å². The first kappa shape index (κ1) is 35.3. The second-order valence-electron chi connectivity index (χ2n) is 11.8. The van der Waals surface area contributed by atoms with Gasteiger partial charge in [0.25, 0.3) is 0 Å². The number of benzene rings is 2. The van der Waals surface area contributed by atoms with E-state index in [1.165, 1.54) is 121 Å². The van der Waals surface area contributed by atoms with Gasteiger partial charge in [0.05, 0.1) is 25.5 Å². The SMILES string of the molecule is CCCCCCCCCCCCCCCCCC[N+](C)(C)c1ccccc1.Cc1ccc(S(=O)(=O)[O-])c(C)c1. The van der Waals surface area contributed by atoms with E-state index in [-0.39, 0.29) is 4.90 Å². The molecule has 0 saturated carbocycles. The van der Waals surface area contributed by atoms with Crippen LogP contribution in [0.25, 0.3) is 0 Å². The third kappa shape index (κ3) is 16.9. The third-order valence-corrected chi connectivity index (χ3v) is 8.62. The van der Waals surface area contributed by atoms with Crippen LogP contribution in [0.5, 0.6) is 0 Å². The summed E-state index contributed by atoms with van der Waals surface area (Å²) in [7, 11) is 0.367. The van der Waals surface area contributed by atoms with E-state index in [0.29, 0.717) is 5.56 Å². The van der Waals surface area contributed by atoms with Crippen LogP contribution in [0.15, 0.2) is 53.4 Å². The van der Waals surface area contributed by atoms with Gasteiger partial charge in [0.1, 0.15) is 15.8 Å². The van der Waals surface area contributed by atoms with E-state index >= 15 is 0 Å². The number of aryl methyl sites for hydroxylation is 2. The van der Waals surface area contributed by atoms with Crippen LogP contribution in [0.1, 0.15) is 121 Å². The molecule has 0 aliphatic rings. The number of para-hydroxylation sites is 1. The molecule has 0 aromatic heterocycles. The third-order valence-electron chi connectivity index (χ3n) is 7.63. The molecule has 0 radical (unpaired) electrons. The molecule has 0 atom stereocenters. The van der Waals surface area contributed by atoms with Crippen molar-refractivity contribution >= 4 is 15.8 Å². The lowest BCUT2D eigenvalue weighted by atomic mass is 10.0. The Hall–Kier alpha value is -1.69. The van der Waals surface area contributed by atoms with Crippen LogP contribution < -0.4 is 4.48 Å². The van der Waals surface area contributed by atoms with Gasteiger partial charge in [0.2, 0.25) is 0 Å². The number of hydrogen-bond acceptors (Lipinski definition) is 3. The molecule has 0 bridgehead atoms. The van der Waals surface area contributed by atoms with E-state index in [9.17, 15) is 13.0 Å². The summed E-state index contributed by atoms with van der Waals surface area (Å²) in [6, 6.07) is 15.6. The Balaban J connectivity index is 0.000000525. The number of unbranched alkanes of at least 4 members (excludes halogenated alkanes) is 15. The maximum absolute atomic E-state index is 10.6. The van der Waals surface area contributed by atoms with Crippen LogP contribution in [0.3, 0.4) is 0 Å². The highest BCUT2D eigenvalue weighted by atomic mass is 32.2. The average Bonchev–Trinajstić information content (AvgIpc) is 2.88. The molecule has 4 nitrogen and oxygen atoms in total. The van der Waals surface area contributed by atoms with Crippen molar-refractivity contribution in [2.24, 2.45) is 0 Å². The minimum absolute atomic E-state index is 0.131. The second kappa shape index (κ2) is 20.2. The van der Waals surface area contributed by atoms with Gasteiger partial charge in [-0.25, -0.2) is 8.42 Å². The van der Waals surface area contributed by atoms with Gasteiger partial charge < -0.3 is 4.55 Å². The number of rotatable bonds is 19. The molecule has 2 aromatic carbocycles. The monoisotopic (exact) mass is 559 g/mol. The van der Waals surface area contributed by atoms with Crippen molar-refractivity contribution in [2.45, 2.75) is 128 Å². The topological polar surface area (TPSA) is 57.2 Å². The molecule has 2 aromatic rings. The fraction of sp³-hybridized carbons (Fsp3) is 0.647. The van der Waals surface area contributed by atoms with Gasteiger partial charge in [-0.2, -0.15) is 0 Å². The van der Waals surface area contributed by atoms with Gasteiger partial charge in [-0.15, -0.1) is 0 Å². The van der Waals surface area contributed by atoms with E-state index in [1.54, 1.807) is 19.1 Å². The lowest BCUT2D eigenvalue weighted by Gasteiger charge is -2.29. The Kier molecular flexibility index (Phi) is 18.3. The summed E-state index contributed by atoms with van der Waals surface area (Å²) in [5.74, 6) is 0. The molecule has 0 saturated heterocycles. The summed E-state index contributed by atoms with van der Waals surface area (Å²) >= 11 is 0. The highest BCUT2D eigenvalue weighted by Crippen LogP contribution is 2.20. The van der Waals surface area contributed by atoms with Gasteiger partial charge in [-0.1, -0.05) is 133 Å². The summed E-state index contributed by atoms with van der Waals surface area (Å²) in [5, 5.41) is 0. The van der Waals surface area contributed by atoms with E-state index in [2.05, 4.69) is 51.4 Å². The summed E-state index contributed by atoms with van der Waals surface area (Å²) in [4.78, 5) is -0.131. The lowest BCUT2D eigenvalue weighted by molar-refractivity contribution is 0.380. The first-order valence-corrected chi connectivity index (χ1v) is 16.9. The molecular formula is C34H57NO3S. The molecule has 0 amide bonds. The lowest BCUT2D eigenvalue weighted by Crippen LogP contribution is -2.41. The maximum atomic E-state index is 10.6. The van der Waals surface area contributed by atoms with Crippen LogP contribution in [-0.4, -0.2) is 33.6 Å². The fourth-order valence-corrected chi connectivity index (χ4v) is 5.78. The van der Waals surface area contributed by atoms with Crippen molar-refractivity contribution in [3.8, 4) is 0 Å². The molecule has 39 heavy (non-hydrogen) atoms. The van der Waals surface area contributed by atoms with Gasteiger partial charge in [-0.05, 0) is 50.5 Å². The van der Waals surface area contributed by atoms with E-state index in [4.69, 9.17) is 0 Å². The zero-order valence-electron chi connectivity index (χ0n) is 25.7. The highest BCUT2D eigenvalue weighted by molar-refractivity contribution is 7.85. The van der Waals surface area contributed by atoms with Crippen molar-refractivity contribution in [1.82, 2.24) is 4.48 Å². The zero-order valence-corrected chi connectivity index (χ0v) is 26.5. The maximum Gasteiger partial charge on any atom is 0.132 e. The van der Waals surface area contributed by atoms with Crippen molar-refractivity contribution < 1.29 is 13.0 Å². The standard InChI is InChI=1S/C26H48N.C8H10O3S/c1-4-5-6-7-8-9-10-11-12-13-14-15-16-17-18-22-25-27(2,3)26-23-20-19-21-24-26;1-6-3-4-8(7(2)5-6)12(9,10)11/h19-21,23-24H,4-18,22,25H2,1-3H3;3-5H,1-2H3,(H,9,10,11)/q+1;/p-1. The predicted molar refractivity (Wildman–Crippen MR) is 168 cm³/mol. The first-order chi connectivity index (χ1) is 18.6. The number of nitrogens with zero attached hydrogens (tertiary/aromatic N) is 1. The van der Waals surface area contributed by atoms with Crippen molar-refractivity contribution in [2.75, 3.05) is 20.6 Å². The molecule has 222 valence electrons. The van der Waals surface area contributed by atoms with E-state index in [1.807, 2.05) is 6.92 Å². The summed E-state index contributed by atoms with van der Waals surface area (Å²) in [6.45, 7) is 7.00. The highest BCUT2D eigenvalue weighted by Gasteiger charge is 2.17. The Bertz CT molecular complexity index is 987. The van der Waals surface area contributed by atoms with Crippen LogP contribution in [0.2, 0.25) is 0 Å². The van der Waals surface area contributed by atoms with Gasteiger partial charge in [0.15, 0.2) is 0 Å². The van der Waals surface area contributed by atoms with E-state index in [0.717, 1.165) is 10.0 Å². The smallest absolute Gasteiger partial charge is 0.132 e. The molecule has 0 fully saturated rings. The molecule has 5 heteroatoms. The summed E-state index contributed by atoms with van der Waals surface area (Å²) < 4.78 is 32.8. The molecule has 0 N–H and O–H groups in total. The summed E-state index contributed by atoms with van der Waals surface area (Å²) in [5.41, 5.74) is 2.88. The van der Waals surface area contributed by atoms with Crippen molar-refractivity contribution in [3.05, 3.63) is 59.7 Å². The molecule has 0 unspecified atom stereocenters. The minimum Gasteiger partial charge on any atom is -0.744 e. The average molecular weight is 560 g/mol. The first-order valence-electron chi connectivity index (χ1n) is 15.5. The minimum atomic E-state index is -4.30. The molecular weight excluding hydrogens is 502 g/mol. The fourth-order valence-electron chi connectivity index (χ4n) is 5.10. The molecule has 0 spiro atoms. The van der Waals surface area contributed by atoms with E-state index < -0.39 is 10.1 Å². The predicted octanol–water partition coefficient (Wildman–Crippen LogP) is 9.72. The molecule has 0 aliphatic carbocycles. The Morgan fingerprint density at radius 2 is 1.08 bits per heavy atom. The van der Waals surface area contributed by atoms with Gasteiger partial charge >= 0.3 is 0 Å². The van der Waals surface area contributed by atoms with Gasteiger partial charge in [-0.3, -0.25) is 4.48 Å².